The van der Waals surface area contributed by atoms with Crippen molar-refractivity contribution >= 4 is 22.8 Å². The minimum Gasteiger partial charge on any atom is -0.383 e. The van der Waals surface area contributed by atoms with E-state index in [0.29, 0.717) is 65.2 Å². The van der Waals surface area contributed by atoms with E-state index in [4.69, 9.17) is 21.0 Å². The lowest BCUT2D eigenvalue weighted by atomic mass is 10.0. The number of hydroxylamine groups is 3. The second-order valence-electron chi connectivity index (χ2n) is 11.3. The summed E-state index contributed by atoms with van der Waals surface area (Å²) in [7, 11) is 0. The number of benzene rings is 1. The first-order valence-electron chi connectivity index (χ1n) is 16.8. The van der Waals surface area contributed by atoms with Crippen LogP contribution in [0.5, 0.6) is 0 Å². The van der Waals surface area contributed by atoms with Crippen LogP contribution in [0.2, 0.25) is 0 Å². The number of piperidine rings is 1. The first-order chi connectivity index (χ1) is 24.4. The van der Waals surface area contributed by atoms with Gasteiger partial charge in [-0.2, -0.15) is 9.91 Å². The minimum absolute atomic E-state index is 0.0776. The largest absolute Gasteiger partial charge is 0.383 e. The molecule has 6 aromatic rings. The number of nitrogens with two attached hydrogens (primary N) is 1. The topological polar surface area (TPSA) is 164 Å². The number of nitriles is 1. The maximum atomic E-state index is 13.5. The summed E-state index contributed by atoms with van der Waals surface area (Å²) in [6, 6.07) is 22.0. The number of anilines is 2. The highest BCUT2D eigenvalue weighted by atomic mass is 19.1. The fourth-order valence-corrected chi connectivity index (χ4v) is 5.80. The van der Waals surface area contributed by atoms with E-state index in [0.717, 1.165) is 30.3 Å². The van der Waals surface area contributed by atoms with Crippen LogP contribution < -0.4 is 11.1 Å². The van der Waals surface area contributed by atoms with Crippen LogP contribution >= 0.6 is 0 Å². The molecule has 0 radical (unpaired) electrons. The third kappa shape index (κ3) is 7.89. The first kappa shape index (κ1) is 35.5. The molecule has 13 heteroatoms. The van der Waals surface area contributed by atoms with Gasteiger partial charge in [0.2, 0.25) is 5.82 Å². The zero-order valence-corrected chi connectivity index (χ0v) is 28.6. The maximum absolute atomic E-state index is 13.5. The Kier molecular flexibility index (Phi) is 11.4. The van der Waals surface area contributed by atoms with Gasteiger partial charge in [0.15, 0.2) is 11.5 Å². The number of likely N-dealkylation sites (tertiary alicyclic amines) is 1. The van der Waals surface area contributed by atoms with Crippen molar-refractivity contribution < 1.29 is 14.2 Å². The molecular weight excluding hydrogens is 633 g/mol. The second-order valence-corrected chi connectivity index (χ2v) is 11.3. The van der Waals surface area contributed by atoms with E-state index in [1.54, 1.807) is 36.7 Å². The number of hydrogen-bond donors (Lipinski definition) is 3. The van der Waals surface area contributed by atoms with Gasteiger partial charge in [0.05, 0.1) is 23.1 Å². The van der Waals surface area contributed by atoms with Gasteiger partial charge < -0.3 is 11.1 Å². The van der Waals surface area contributed by atoms with Crippen LogP contribution in [0.25, 0.3) is 39.6 Å². The smallest absolute Gasteiger partial charge is 0.234 e. The Hall–Kier alpha value is -5.84. The number of rotatable bonds is 7. The molecule has 1 aliphatic heterocycles. The number of halogens is 1. The number of hydrogen-bond acceptors (Lipinski definition) is 10. The summed E-state index contributed by atoms with van der Waals surface area (Å²) in [5, 5.41) is 23.9. The number of aromatic nitrogens is 7. The van der Waals surface area contributed by atoms with Gasteiger partial charge in [-0.05, 0) is 54.6 Å². The highest BCUT2D eigenvalue weighted by molar-refractivity contribution is 5.84. The van der Waals surface area contributed by atoms with Crippen molar-refractivity contribution in [2.24, 2.45) is 0 Å². The monoisotopic (exact) mass is 674 g/mol. The molecular formula is C37H41FN11O+. The van der Waals surface area contributed by atoms with Crippen molar-refractivity contribution in [3.05, 3.63) is 103 Å². The zero-order valence-electron chi connectivity index (χ0n) is 28.6. The first-order valence-corrected chi connectivity index (χ1v) is 16.8. The van der Waals surface area contributed by atoms with Crippen LogP contribution in [0.4, 0.5) is 16.0 Å². The maximum Gasteiger partial charge on any atom is 0.234 e. The number of nitrogens with one attached hydrogen (secondary N) is 1. The Balaban J connectivity index is 0.00000117. The molecule has 0 atom stereocenters. The molecule has 5 aromatic heterocycles. The summed E-state index contributed by atoms with van der Waals surface area (Å²) >= 11 is 0. The van der Waals surface area contributed by atoms with E-state index in [1.807, 2.05) is 74.7 Å². The highest BCUT2D eigenvalue weighted by Gasteiger charge is 2.33. The van der Waals surface area contributed by atoms with Gasteiger partial charge in [0.25, 0.3) is 0 Å². The second kappa shape index (κ2) is 16.0. The summed E-state index contributed by atoms with van der Waals surface area (Å²) < 4.78 is 15.4. The number of fused-ring (bicyclic) bond motifs is 1. The van der Waals surface area contributed by atoms with Crippen molar-refractivity contribution in [3.63, 3.8) is 0 Å². The molecule has 4 N–H and O–H groups in total. The predicted molar refractivity (Wildman–Crippen MR) is 191 cm³/mol. The fourth-order valence-electron chi connectivity index (χ4n) is 5.80. The molecule has 1 aromatic carbocycles. The van der Waals surface area contributed by atoms with E-state index in [9.17, 15) is 9.60 Å². The number of pyridine rings is 3. The fraction of sp³-hybridized carbons (Fsp3) is 0.270. The Labute approximate surface area is 290 Å². The molecule has 7 rings (SSSR count). The average molecular weight is 675 g/mol. The predicted octanol–water partition coefficient (Wildman–Crippen LogP) is 6.96. The molecule has 50 heavy (non-hydrogen) atoms. The highest BCUT2D eigenvalue weighted by Crippen LogP contribution is 2.32. The van der Waals surface area contributed by atoms with Crippen LogP contribution in [0.1, 0.15) is 51.9 Å². The Morgan fingerprint density at radius 1 is 0.900 bits per heavy atom. The Morgan fingerprint density at radius 2 is 1.64 bits per heavy atom. The molecule has 0 unspecified atom stereocenters. The Morgan fingerprint density at radius 3 is 2.32 bits per heavy atom. The van der Waals surface area contributed by atoms with Gasteiger partial charge in [-0.15, -0.1) is 0 Å². The summed E-state index contributed by atoms with van der Waals surface area (Å²) in [5.74, 6) is 1.23. The van der Waals surface area contributed by atoms with Crippen molar-refractivity contribution in [2.45, 2.75) is 53.1 Å². The number of imidazole rings is 1. The minimum atomic E-state index is -0.422. The van der Waals surface area contributed by atoms with Gasteiger partial charge in [-0.3, -0.25) is 9.55 Å². The molecule has 0 amide bonds. The molecule has 12 nitrogen and oxygen atoms in total. The summed E-state index contributed by atoms with van der Waals surface area (Å²) in [6.45, 7) is 9.58. The van der Waals surface area contributed by atoms with E-state index in [-0.39, 0.29) is 16.5 Å². The average Bonchev–Trinajstić information content (AvgIpc) is 3.54. The van der Waals surface area contributed by atoms with Crippen molar-refractivity contribution in [1.29, 1.82) is 5.26 Å². The molecule has 0 spiro atoms. The van der Waals surface area contributed by atoms with Crippen LogP contribution in [0.3, 0.4) is 0 Å². The van der Waals surface area contributed by atoms with E-state index < -0.39 is 5.82 Å². The van der Waals surface area contributed by atoms with E-state index in [2.05, 4.69) is 25.3 Å². The lowest BCUT2D eigenvalue weighted by Gasteiger charge is -2.37. The van der Waals surface area contributed by atoms with Gasteiger partial charge in [-0.25, -0.2) is 34.5 Å². The molecule has 0 saturated carbocycles. The molecule has 1 aliphatic rings. The van der Waals surface area contributed by atoms with Gasteiger partial charge >= 0.3 is 0 Å². The third-order valence-corrected chi connectivity index (χ3v) is 8.14. The van der Waals surface area contributed by atoms with Crippen LogP contribution in [-0.2, 0) is 6.54 Å². The van der Waals surface area contributed by atoms with Crippen molar-refractivity contribution in [2.75, 3.05) is 24.1 Å². The normalized spacial score (nSPS) is 16.7. The molecule has 6 heterocycles. The molecule has 0 aliphatic carbocycles. The lowest BCUT2D eigenvalue weighted by Crippen LogP contribution is -2.52. The molecule has 0 bridgehead atoms. The Bertz CT molecular complexity index is 2070. The summed E-state index contributed by atoms with van der Waals surface area (Å²) in [6.07, 6.45) is 5.84. The number of quaternary nitrogens is 1. The van der Waals surface area contributed by atoms with Crippen molar-refractivity contribution in [1.82, 2.24) is 34.5 Å². The zero-order chi connectivity index (χ0) is 35.7. The lowest BCUT2D eigenvalue weighted by molar-refractivity contribution is -1.12. The van der Waals surface area contributed by atoms with Crippen LogP contribution in [-0.4, -0.2) is 63.5 Å². The number of nitrogen functional groups attached to an aromatic ring is 1. The standard InChI is InChI=1S/C33H29FN11O.2C2H6/c34-22-5-8-26(39-19-22)27-9-10-28-33(41-27)44(32(42-28)25-2-1-14-38-31(25)36)24-6-3-21(4-7-24)20-45(46)16-12-23(13-17-45)40-29-11-15-37-30(18-35)43-29;2*1-2/h1-11,14-15,19,23,46H,12-13,16-17,20H2,(H2,36,38)(H,37,40,43);2*1-2H3/q+1;;. The van der Waals surface area contributed by atoms with Crippen LogP contribution in [0, 0.1) is 17.1 Å². The molecule has 1 fully saturated rings. The summed E-state index contributed by atoms with van der Waals surface area (Å²) in [4.78, 5) is 26.3. The quantitative estimate of drug-likeness (QED) is 0.151. The van der Waals surface area contributed by atoms with Gasteiger partial charge in [0, 0.05) is 42.5 Å². The molecule has 256 valence electrons. The third-order valence-electron chi connectivity index (χ3n) is 8.14. The molecule has 1 saturated heterocycles. The van der Waals surface area contributed by atoms with Crippen molar-refractivity contribution in [3.8, 4) is 34.5 Å². The van der Waals surface area contributed by atoms with Gasteiger partial charge in [0.1, 0.15) is 48.7 Å². The van der Waals surface area contributed by atoms with E-state index >= 15 is 0 Å². The number of nitrogens with zero attached hydrogens (tertiary/aromatic N) is 9. The van der Waals surface area contributed by atoms with Gasteiger partial charge in [-0.1, -0.05) is 39.8 Å². The van der Waals surface area contributed by atoms with Crippen LogP contribution in [0.15, 0.2) is 85.3 Å². The summed E-state index contributed by atoms with van der Waals surface area (Å²) in [5.41, 5.74) is 11.1. The SMILES string of the molecule is CC.CC.N#Cc1nccc(NC2CC[N+](O)(Cc3ccc(-n4c(-c5cccnc5N)nc5ccc(-c6ccc(F)cn6)nc54)cc3)CC2)n1. The van der Waals surface area contributed by atoms with E-state index in [1.165, 1.54) is 6.07 Å².